The fourth-order valence-electron chi connectivity index (χ4n) is 6.24. The minimum Gasteiger partial charge on any atom is -0.493 e. The number of rotatable bonds is 3. The van der Waals surface area contributed by atoms with Crippen molar-refractivity contribution in [3.8, 4) is 5.75 Å². The lowest BCUT2D eigenvalue weighted by Gasteiger charge is -2.47. The number of hydrogen-bond acceptors (Lipinski definition) is 4. The normalized spacial score (nSPS) is 28.2. The average Bonchev–Trinajstić information content (AvgIpc) is 3.42. The van der Waals surface area contributed by atoms with Crippen LogP contribution in [0.3, 0.4) is 0 Å². The first-order valence-electron chi connectivity index (χ1n) is 11.4. The van der Waals surface area contributed by atoms with E-state index in [1.165, 1.54) is 0 Å². The smallest absolute Gasteiger partial charge is 0.249 e. The molecule has 3 aliphatic rings. The van der Waals surface area contributed by atoms with Crippen LogP contribution < -0.4 is 4.74 Å². The lowest BCUT2D eigenvalue weighted by Crippen LogP contribution is -2.65. The van der Waals surface area contributed by atoms with E-state index in [-0.39, 0.29) is 42.8 Å². The zero-order chi connectivity index (χ0) is 22.7. The second-order valence-corrected chi connectivity index (χ2v) is 9.50. The molecule has 2 aromatic carbocycles. The first-order valence-corrected chi connectivity index (χ1v) is 11.4. The van der Waals surface area contributed by atoms with Crippen molar-refractivity contribution in [2.75, 3.05) is 13.2 Å². The monoisotopic (exact) mass is 442 g/mol. The van der Waals surface area contributed by atoms with Crippen LogP contribution in [-0.2, 0) is 16.1 Å². The Balaban J connectivity index is 1.51. The summed E-state index contributed by atoms with van der Waals surface area (Å²) in [5.74, 6) is 1.18. The van der Waals surface area contributed by atoms with Gasteiger partial charge >= 0.3 is 0 Å². The Morgan fingerprint density at radius 1 is 1.06 bits per heavy atom. The molecule has 6 nitrogen and oxygen atoms in total. The van der Waals surface area contributed by atoms with E-state index in [9.17, 15) is 9.59 Å². The van der Waals surface area contributed by atoms with Crippen molar-refractivity contribution in [3.63, 3.8) is 0 Å². The fraction of sp³-hybridized carbons (Fsp3) is 0.333. The van der Waals surface area contributed by atoms with E-state index in [2.05, 4.69) is 18.2 Å². The van der Waals surface area contributed by atoms with Crippen molar-refractivity contribution in [2.45, 2.75) is 37.9 Å². The highest BCUT2D eigenvalue weighted by Crippen LogP contribution is 2.59. The third-order valence-corrected chi connectivity index (χ3v) is 7.53. The number of piperazine rings is 1. The minimum absolute atomic E-state index is 0.0248. The van der Waals surface area contributed by atoms with Crippen molar-refractivity contribution in [2.24, 2.45) is 5.92 Å². The quantitative estimate of drug-likeness (QED) is 0.614. The number of aryl methyl sites for hydroxylation is 1. The molecule has 3 aliphatic heterocycles. The zero-order valence-electron chi connectivity index (χ0n) is 18.7. The number of hydrogen-bond donors (Lipinski definition) is 0. The average molecular weight is 443 g/mol. The number of furan rings is 1. The Bertz CT molecular complexity index is 1220. The number of fused-ring (bicyclic) bond motifs is 5. The number of carbonyl (C=O) groups excluding carboxylic acids is 2. The largest absolute Gasteiger partial charge is 0.493 e. The van der Waals surface area contributed by atoms with Crippen molar-refractivity contribution >= 4 is 11.8 Å². The van der Waals surface area contributed by atoms with E-state index < -0.39 is 5.54 Å². The Morgan fingerprint density at radius 2 is 1.88 bits per heavy atom. The van der Waals surface area contributed by atoms with Crippen molar-refractivity contribution < 1.29 is 18.7 Å². The van der Waals surface area contributed by atoms with E-state index in [1.54, 1.807) is 17.2 Å². The van der Waals surface area contributed by atoms with Crippen LogP contribution in [0.4, 0.5) is 0 Å². The molecule has 0 N–H and O–H groups in total. The predicted octanol–water partition coefficient (Wildman–Crippen LogP) is 4.06. The SMILES string of the molecule is Cc1ccc2c(c1)[C@H]1[C@H](CO2)[C@H](c2ccccc2)[C@]2(C)C(=O)N(Cc3ccco3)CC(=O)N12. The lowest BCUT2D eigenvalue weighted by molar-refractivity contribution is -0.164. The zero-order valence-corrected chi connectivity index (χ0v) is 18.7. The standard InChI is InChI=1S/C27H26N2O4/c1-17-10-11-22-20(13-17)25-21(16-33-22)24(18-7-4-3-5-8-18)27(2)26(31)28(15-23(30)29(25)27)14-19-9-6-12-32-19/h3-13,21,24-25H,14-16H2,1-2H3/t21-,24+,25+,27-/m1/s1. The van der Waals surface area contributed by atoms with Crippen LogP contribution in [0.25, 0.3) is 0 Å². The molecular weight excluding hydrogens is 416 g/mol. The van der Waals surface area contributed by atoms with Crippen molar-refractivity contribution in [1.82, 2.24) is 9.80 Å². The van der Waals surface area contributed by atoms with Gasteiger partial charge in [-0.3, -0.25) is 9.59 Å². The van der Waals surface area contributed by atoms with Crippen LogP contribution in [0, 0.1) is 12.8 Å². The van der Waals surface area contributed by atoms with Gasteiger partial charge in [0.05, 0.1) is 25.5 Å². The summed E-state index contributed by atoms with van der Waals surface area (Å²) in [4.78, 5) is 31.4. The van der Waals surface area contributed by atoms with Gasteiger partial charge in [-0.2, -0.15) is 0 Å². The summed E-state index contributed by atoms with van der Waals surface area (Å²) >= 11 is 0. The molecule has 2 fully saturated rings. The van der Waals surface area contributed by atoms with Gasteiger partial charge in [-0.15, -0.1) is 0 Å². The number of nitrogens with zero attached hydrogens (tertiary/aromatic N) is 2. The maximum Gasteiger partial charge on any atom is 0.249 e. The number of ether oxygens (including phenoxy) is 1. The molecule has 0 radical (unpaired) electrons. The molecule has 0 saturated carbocycles. The molecule has 6 rings (SSSR count). The molecule has 1 aromatic heterocycles. The van der Waals surface area contributed by atoms with Gasteiger partial charge in [0.2, 0.25) is 11.8 Å². The number of carbonyl (C=O) groups is 2. The predicted molar refractivity (Wildman–Crippen MR) is 121 cm³/mol. The van der Waals surface area contributed by atoms with Gasteiger partial charge in [0.1, 0.15) is 23.6 Å². The molecule has 3 aromatic rings. The van der Waals surface area contributed by atoms with Gasteiger partial charge in [0.15, 0.2) is 0 Å². The molecule has 0 unspecified atom stereocenters. The van der Waals surface area contributed by atoms with Gasteiger partial charge in [-0.1, -0.05) is 48.0 Å². The van der Waals surface area contributed by atoms with Gasteiger partial charge in [0.25, 0.3) is 0 Å². The van der Waals surface area contributed by atoms with E-state index in [0.29, 0.717) is 12.4 Å². The van der Waals surface area contributed by atoms with Crippen LogP contribution >= 0.6 is 0 Å². The number of amides is 2. The van der Waals surface area contributed by atoms with Crippen LogP contribution in [0.15, 0.2) is 71.3 Å². The second kappa shape index (κ2) is 7.24. The number of benzene rings is 2. The lowest BCUT2D eigenvalue weighted by atomic mass is 9.73. The van der Waals surface area contributed by atoms with Gasteiger partial charge in [0, 0.05) is 17.4 Å². The summed E-state index contributed by atoms with van der Waals surface area (Å²) < 4.78 is 11.7. The molecule has 4 heterocycles. The Labute approximate surface area is 192 Å². The molecule has 4 atom stereocenters. The Kier molecular flexibility index (Phi) is 4.41. The fourth-order valence-corrected chi connectivity index (χ4v) is 6.24. The summed E-state index contributed by atoms with van der Waals surface area (Å²) in [5.41, 5.74) is 2.14. The van der Waals surface area contributed by atoms with E-state index >= 15 is 0 Å². The maximum atomic E-state index is 14.2. The molecule has 6 heteroatoms. The highest BCUT2D eigenvalue weighted by atomic mass is 16.5. The summed E-state index contributed by atoms with van der Waals surface area (Å²) in [6.45, 7) is 4.77. The van der Waals surface area contributed by atoms with E-state index in [0.717, 1.165) is 22.4 Å². The summed E-state index contributed by atoms with van der Waals surface area (Å²) in [7, 11) is 0. The third kappa shape index (κ3) is 2.86. The Hall–Kier alpha value is -3.54. The van der Waals surface area contributed by atoms with E-state index in [1.807, 2.05) is 55.1 Å². The summed E-state index contributed by atoms with van der Waals surface area (Å²) in [6, 6.07) is 19.6. The minimum atomic E-state index is -1.02. The molecule has 2 saturated heterocycles. The first kappa shape index (κ1) is 20.1. The molecule has 0 bridgehead atoms. The van der Waals surface area contributed by atoms with Crippen LogP contribution in [0.1, 0.15) is 41.3 Å². The summed E-state index contributed by atoms with van der Waals surface area (Å²) in [6.07, 6.45) is 1.59. The maximum absolute atomic E-state index is 14.2. The topological polar surface area (TPSA) is 63.0 Å². The second-order valence-electron chi connectivity index (χ2n) is 9.50. The molecule has 0 spiro atoms. The van der Waals surface area contributed by atoms with Crippen LogP contribution in [0.2, 0.25) is 0 Å². The highest BCUT2D eigenvalue weighted by molar-refractivity contribution is 5.99. The van der Waals surface area contributed by atoms with Crippen molar-refractivity contribution in [3.05, 3.63) is 89.4 Å². The third-order valence-electron chi connectivity index (χ3n) is 7.53. The van der Waals surface area contributed by atoms with Crippen LogP contribution in [-0.4, -0.2) is 40.3 Å². The van der Waals surface area contributed by atoms with Gasteiger partial charge in [-0.25, -0.2) is 0 Å². The summed E-state index contributed by atoms with van der Waals surface area (Å²) in [5, 5.41) is 0. The molecular formula is C27H26N2O4. The first-order chi connectivity index (χ1) is 16.0. The molecule has 33 heavy (non-hydrogen) atoms. The molecule has 0 aliphatic carbocycles. The highest BCUT2D eigenvalue weighted by Gasteiger charge is 2.66. The Morgan fingerprint density at radius 3 is 2.64 bits per heavy atom. The van der Waals surface area contributed by atoms with E-state index in [4.69, 9.17) is 9.15 Å². The molecule has 168 valence electrons. The van der Waals surface area contributed by atoms with Gasteiger partial charge < -0.3 is 19.0 Å². The molecule has 2 amide bonds. The van der Waals surface area contributed by atoms with Gasteiger partial charge in [-0.05, 0) is 37.6 Å². The van der Waals surface area contributed by atoms with Crippen LogP contribution in [0.5, 0.6) is 5.75 Å². The van der Waals surface area contributed by atoms with Crippen molar-refractivity contribution in [1.29, 1.82) is 0 Å².